The Hall–Kier alpha value is -3.01. The molecule has 0 saturated heterocycles. The highest BCUT2D eigenvalue weighted by atomic mass is 35.5. The van der Waals surface area contributed by atoms with Crippen LogP contribution in [0.25, 0.3) is 5.69 Å². The van der Waals surface area contributed by atoms with Crippen molar-refractivity contribution in [1.82, 2.24) is 9.78 Å². The van der Waals surface area contributed by atoms with Crippen LogP contribution in [0.5, 0.6) is 5.88 Å². The van der Waals surface area contributed by atoms with Crippen LogP contribution in [0.2, 0.25) is 5.02 Å². The molecule has 0 saturated carbocycles. The molecule has 4 nitrogen and oxygen atoms in total. The maximum absolute atomic E-state index is 13.1. The second-order valence-corrected chi connectivity index (χ2v) is 8.63. The minimum absolute atomic E-state index is 0.0630. The first-order valence-electron chi connectivity index (χ1n) is 9.44. The lowest BCUT2D eigenvalue weighted by atomic mass is 9.93. The number of carbonyl (C=O) groups is 1. The van der Waals surface area contributed by atoms with Gasteiger partial charge in [-0.2, -0.15) is 31.4 Å². The molecule has 1 heterocycles. The molecule has 1 aromatic heterocycles. The van der Waals surface area contributed by atoms with Crippen molar-refractivity contribution in [3.63, 3.8) is 0 Å². The highest BCUT2D eigenvalue weighted by molar-refractivity contribution is 6.30. The molecule has 0 N–H and O–H groups in total. The van der Waals surface area contributed by atoms with Crippen molar-refractivity contribution in [2.24, 2.45) is 0 Å². The van der Waals surface area contributed by atoms with Crippen molar-refractivity contribution in [2.45, 2.75) is 38.5 Å². The van der Waals surface area contributed by atoms with E-state index in [1.165, 1.54) is 10.7 Å². The Balaban J connectivity index is 2.07. The summed E-state index contributed by atoms with van der Waals surface area (Å²) in [6, 6.07) is 8.16. The third-order valence-corrected chi connectivity index (χ3v) is 4.79. The van der Waals surface area contributed by atoms with E-state index >= 15 is 0 Å². The molecular formula is C22H17ClF6N2O2. The Morgan fingerprint density at radius 2 is 1.39 bits per heavy atom. The number of halogens is 7. The number of rotatable bonds is 3. The molecular weight excluding hydrogens is 474 g/mol. The molecule has 2 aromatic carbocycles. The summed E-state index contributed by atoms with van der Waals surface area (Å²) in [5.74, 6) is -1.58. The zero-order valence-corrected chi connectivity index (χ0v) is 18.2. The second-order valence-electron chi connectivity index (χ2n) is 8.19. The number of hydrogen-bond donors (Lipinski definition) is 0. The zero-order chi connectivity index (χ0) is 24.8. The van der Waals surface area contributed by atoms with Crippen LogP contribution in [0.3, 0.4) is 0 Å². The summed E-state index contributed by atoms with van der Waals surface area (Å²) < 4.78 is 85.2. The van der Waals surface area contributed by atoms with Crippen molar-refractivity contribution in [3.8, 4) is 11.6 Å². The van der Waals surface area contributed by atoms with E-state index < -0.39 is 40.4 Å². The standard InChI is InChI=1S/C22H17ClF6N2O2/c1-20(2,3)17-11-18(31(30-17)16-6-4-15(23)5-7-16)33-19(32)12-8-13(21(24,25)26)10-14(9-12)22(27,28)29/h4-11H,1-3H3. The van der Waals surface area contributed by atoms with Gasteiger partial charge in [0.15, 0.2) is 0 Å². The van der Waals surface area contributed by atoms with Gasteiger partial charge >= 0.3 is 18.3 Å². The van der Waals surface area contributed by atoms with Crippen molar-refractivity contribution < 1.29 is 35.9 Å². The number of alkyl halides is 6. The number of benzene rings is 2. The Bertz CT molecular complexity index is 1140. The summed E-state index contributed by atoms with van der Waals surface area (Å²) in [4.78, 5) is 12.6. The fraction of sp³-hybridized carbons (Fsp3) is 0.273. The third kappa shape index (κ3) is 5.68. The van der Waals surface area contributed by atoms with Gasteiger partial charge in [0.05, 0.1) is 28.1 Å². The van der Waals surface area contributed by atoms with Gasteiger partial charge in [0.2, 0.25) is 5.88 Å². The smallest absolute Gasteiger partial charge is 0.404 e. The molecule has 0 aliphatic rings. The van der Waals surface area contributed by atoms with E-state index in [-0.39, 0.29) is 11.9 Å². The van der Waals surface area contributed by atoms with Crippen LogP contribution in [0.4, 0.5) is 26.3 Å². The Morgan fingerprint density at radius 1 is 0.879 bits per heavy atom. The van der Waals surface area contributed by atoms with Crippen LogP contribution in [-0.2, 0) is 17.8 Å². The molecule has 33 heavy (non-hydrogen) atoms. The van der Waals surface area contributed by atoms with Crippen molar-refractivity contribution in [1.29, 1.82) is 0 Å². The summed E-state index contributed by atoms with van der Waals surface area (Å²) in [6.45, 7) is 5.49. The summed E-state index contributed by atoms with van der Waals surface area (Å²) in [5, 5.41) is 4.80. The Morgan fingerprint density at radius 3 is 1.85 bits per heavy atom. The van der Waals surface area contributed by atoms with E-state index in [2.05, 4.69) is 5.10 Å². The number of esters is 1. The number of hydrogen-bond acceptors (Lipinski definition) is 3. The topological polar surface area (TPSA) is 44.1 Å². The fourth-order valence-corrected chi connectivity index (χ4v) is 2.92. The summed E-state index contributed by atoms with van der Waals surface area (Å²) in [7, 11) is 0. The predicted octanol–water partition coefficient (Wildman–Crippen LogP) is 7.08. The number of aromatic nitrogens is 2. The average Bonchev–Trinajstić information content (AvgIpc) is 3.11. The Kier molecular flexibility index (Phi) is 6.27. The molecule has 0 atom stereocenters. The van der Waals surface area contributed by atoms with Gasteiger partial charge in [-0.15, -0.1) is 0 Å². The van der Waals surface area contributed by atoms with E-state index in [0.717, 1.165) is 0 Å². The van der Waals surface area contributed by atoms with Crippen molar-refractivity contribution in [3.05, 3.63) is 75.9 Å². The molecule has 3 aromatic rings. The van der Waals surface area contributed by atoms with Crippen LogP contribution >= 0.6 is 11.6 Å². The number of nitrogens with zero attached hydrogens (tertiary/aromatic N) is 2. The monoisotopic (exact) mass is 490 g/mol. The van der Waals surface area contributed by atoms with E-state index in [0.29, 0.717) is 28.5 Å². The van der Waals surface area contributed by atoms with E-state index in [4.69, 9.17) is 16.3 Å². The molecule has 0 aliphatic heterocycles. The average molecular weight is 491 g/mol. The van der Waals surface area contributed by atoms with Crippen molar-refractivity contribution in [2.75, 3.05) is 0 Å². The molecule has 0 aliphatic carbocycles. The molecule has 176 valence electrons. The molecule has 0 unspecified atom stereocenters. The van der Waals surface area contributed by atoms with Crippen molar-refractivity contribution >= 4 is 17.6 Å². The predicted molar refractivity (Wildman–Crippen MR) is 109 cm³/mol. The van der Waals surface area contributed by atoms with Gasteiger partial charge in [0, 0.05) is 16.5 Å². The fourth-order valence-electron chi connectivity index (χ4n) is 2.80. The minimum atomic E-state index is -5.10. The molecule has 0 spiro atoms. The third-order valence-electron chi connectivity index (χ3n) is 4.54. The molecule has 0 fully saturated rings. The first-order valence-corrected chi connectivity index (χ1v) is 9.81. The number of carbonyl (C=O) groups excluding carboxylic acids is 1. The van der Waals surface area contributed by atoms with Crippen LogP contribution in [-0.4, -0.2) is 15.7 Å². The lowest BCUT2D eigenvalue weighted by Gasteiger charge is -2.14. The van der Waals surface area contributed by atoms with Gasteiger partial charge < -0.3 is 4.74 Å². The van der Waals surface area contributed by atoms with Gasteiger partial charge in [-0.05, 0) is 42.5 Å². The van der Waals surface area contributed by atoms with Crippen LogP contribution in [0.15, 0.2) is 48.5 Å². The Labute approximate surface area is 189 Å². The molecule has 11 heteroatoms. The highest BCUT2D eigenvalue weighted by Crippen LogP contribution is 2.37. The van der Waals surface area contributed by atoms with Gasteiger partial charge in [-0.1, -0.05) is 32.4 Å². The largest absolute Gasteiger partial charge is 0.416 e. The quantitative estimate of drug-likeness (QED) is 0.291. The molecule has 0 bridgehead atoms. The van der Waals surface area contributed by atoms with Crippen LogP contribution in [0.1, 0.15) is 48.0 Å². The zero-order valence-electron chi connectivity index (χ0n) is 17.5. The second kappa shape index (κ2) is 8.40. The van der Waals surface area contributed by atoms with E-state index in [1.807, 2.05) is 20.8 Å². The molecule has 0 amide bonds. The molecule has 3 rings (SSSR count). The highest BCUT2D eigenvalue weighted by Gasteiger charge is 2.38. The lowest BCUT2D eigenvalue weighted by molar-refractivity contribution is -0.143. The summed E-state index contributed by atoms with van der Waals surface area (Å²) in [5.41, 5.74) is -3.76. The lowest BCUT2D eigenvalue weighted by Crippen LogP contribution is -2.16. The maximum atomic E-state index is 13.1. The van der Waals surface area contributed by atoms with Gasteiger partial charge in [-0.25, -0.2) is 9.48 Å². The van der Waals surface area contributed by atoms with Gasteiger partial charge in [-0.3, -0.25) is 0 Å². The first-order chi connectivity index (χ1) is 15.1. The molecule has 0 radical (unpaired) electrons. The normalized spacial score (nSPS) is 12.7. The van der Waals surface area contributed by atoms with Gasteiger partial charge in [0.25, 0.3) is 0 Å². The minimum Gasteiger partial charge on any atom is -0.404 e. The number of ether oxygens (including phenoxy) is 1. The summed E-state index contributed by atoms with van der Waals surface area (Å²) >= 11 is 5.89. The van der Waals surface area contributed by atoms with Gasteiger partial charge in [0.1, 0.15) is 0 Å². The van der Waals surface area contributed by atoms with Crippen LogP contribution in [0, 0.1) is 0 Å². The van der Waals surface area contributed by atoms with E-state index in [1.54, 1.807) is 24.3 Å². The SMILES string of the molecule is CC(C)(C)c1cc(OC(=O)c2cc(C(F)(F)F)cc(C(F)(F)F)c2)n(-c2ccc(Cl)cc2)n1. The summed E-state index contributed by atoms with van der Waals surface area (Å²) in [6.07, 6.45) is -10.2. The van der Waals surface area contributed by atoms with Crippen LogP contribution < -0.4 is 4.74 Å². The first kappa shape index (κ1) is 24.6. The van der Waals surface area contributed by atoms with E-state index in [9.17, 15) is 31.1 Å². The maximum Gasteiger partial charge on any atom is 0.416 e.